The first-order chi connectivity index (χ1) is 11.7. The molecule has 0 unspecified atom stereocenters. The summed E-state index contributed by atoms with van der Waals surface area (Å²) in [5, 5.41) is 10.7. The molecule has 0 N–H and O–H groups in total. The maximum absolute atomic E-state index is 12.6. The van der Waals surface area contributed by atoms with Crippen molar-refractivity contribution in [2.45, 2.75) is 19.0 Å². The van der Waals surface area contributed by atoms with E-state index in [2.05, 4.69) is 4.98 Å². The fraction of sp³-hybridized carbons (Fsp3) is 0.533. The molecule has 1 aromatic heterocycles. The van der Waals surface area contributed by atoms with E-state index < -0.39 is 23.9 Å². The molecular formula is C15H15F3N3O4-. The van der Waals surface area contributed by atoms with Gasteiger partial charge in [-0.2, -0.15) is 13.2 Å². The van der Waals surface area contributed by atoms with Crippen LogP contribution in [0.4, 0.5) is 22.8 Å². The predicted octanol–water partition coefficient (Wildman–Crippen LogP) is 1.34. The van der Waals surface area contributed by atoms with Gasteiger partial charge in [-0.15, -0.1) is 0 Å². The molecule has 0 aromatic carbocycles. The smallest absolute Gasteiger partial charge is 0.418 e. The molecule has 2 saturated heterocycles. The number of alkyl halides is 3. The molecular weight excluding hydrogens is 343 g/mol. The lowest BCUT2D eigenvalue weighted by atomic mass is 9.72. The molecule has 2 aliphatic heterocycles. The van der Waals surface area contributed by atoms with Crippen molar-refractivity contribution in [2.24, 2.45) is 5.41 Å². The highest BCUT2D eigenvalue weighted by Gasteiger charge is 2.45. The van der Waals surface area contributed by atoms with Crippen LogP contribution in [0, 0.1) is 5.41 Å². The number of hydrogen-bond donors (Lipinski definition) is 0. The van der Waals surface area contributed by atoms with Crippen LogP contribution in [-0.2, 0) is 6.18 Å². The van der Waals surface area contributed by atoms with E-state index >= 15 is 0 Å². The molecule has 10 heteroatoms. The molecule has 2 aliphatic rings. The molecule has 7 nitrogen and oxygen atoms in total. The second-order valence-corrected chi connectivity index (χ2v) is 6.38. The van der Waals surface area contributed by atoms with Crippen molar-refractivity contribution in [1.82, 2.24) is 14.8 Å². The van der Waals surface area contributed by atoms with E-state index in [1.165, 1.54) is 9.80 Å². The number of hydrogen-bond acceptors (Lipinski definition) is 5. The highest BCUT2D eigenvalue weighted by Crippen LogP contribution is 2.40. The Hall–Kier alpha value is -2.52. The number of aromatic nitrogens is 1. The molecule has 0 aliphatic carbocycles. The number of piperidine rings is 1. The minimum Gasteiger partial charge on any atom is -0.530 e. The highest BCUT2D eigenvalue weighted by atomic mass is 19.4. The van der Waals surface area contributed by atoms with Crippen LogP contribution in [0.25, 0.3) is 0 Å². The third-order valence-corrected chi connectivity index (χ3v) is 4.64. The van der Waals surface area contributed by atoms with Gasteiger partial charge in [-0.25, -0.2) is 4.79 Å². The zero-order valence-corrected chi connectivity index (χ0v) is 13.1. The first-order valence-electron chi connectivity index (χ1n) is 7.64. The van der Waals surface area contributed by atoms with Gasteiger partial charge < -0.3 is 24.4 Å². The highest BCUT2D eigenvalue weighted by molar-refractivity contribution is 5.71. The summed E-state index contributed by atoms with van der Waals surface area (Å²) < 4.78 is 42.9. The fourth-order valence-electron chi connectivity index (χ4n) is 3.17. The van der Waals surface area contributed by atoms with Crippen LogP contribution in [0.2, 0.25) is 0 Å². The second-order valence-electron chi connectivity index (χ2n) is 6.38. The number of nitrogens with zero attached hydrogens (tertiary/aromatic N) is 3. The maximum Gasteiger partial charge on any atom is 0.418 e. The van der Waals surface area contributed by atoms with Crippen molar-refractivity contribution in [3.8, 4) is 5.75 Å². The van der Waals surface area contributed by atoms with Crippen molar-refractivity contribution < 1.29 is 32.6 Å². The van der Waals surface area contributed by atoms with Crippen LogP contribution in [0.3, 0.4) is 0 Å². The maximum atomic E-state index is 12.6. The van der Waals surface area contributed by atoms with Crippen LogP contribution in [0.1, 0.15) is 18.4 Å². The first kappa shape index (κ1) is 17.3. The van der Waals surface area contributed by atoms with E-state index in [1.807, 2.05) is 0 Å². The zero-order chi connectivity index (χ0) is 18.2. The van der Waals surface area contributed by atoms with Gasteiger partial charge in [0.05, 0.1) is 11.8 Å². The number of amides is 2. The fourth-order valence-corrected chi connectivity index (χ4v) is 3.17. The summed E-state index contributed by atoms with van der Waals surface area (Å²) in [5.41, 5.74) is -1.14. The summed E-state index contributed by atoms with van der Waals surface area (Å²) in [6, 6.07) is 0.722. The number of rotatable bonds is 1. The summed E-state index contributed by atoms with van der Waals surface area (Å²) in [6.45, 7) is 1.48. The van der Waals surface area contributed by atoms with E-state index in [-0.39, 0.29) is 11.2 Å². The topological polar surface area (TPSA) is 85.8 Å². The molecule has 136 valence electrons. The van der Waals surface area contributed by atoms with Crippen molar-refractivity contribution in [3.63, 3.8) is 0 Å². The average Bonchev–Trinajstić information content (AvgIpc) is 2.52. The number of pyridine rings is 1. The molecule has 25 heavy (non-hydrogen) atoms. The van der Waals surface area contributed by atoms with Gasteiger partial charge in [0.15, 0.2) is 5.75 Å². The van der Waals surface area contributed by atoms with Crippen molar-refractivity contribution >= 4 is 12.2 Å². The standard InChI is InChI=1S/C15H16F3N3O4/c16-15(17,18)10-5-11(7-19-6-10)25-13(24)20-3-1-14(2-4-20)8-21(9-14)12(22)23/h5-7H,1-4,8-9H2,(H,22,23)/p-1. The lowest BCUT2D eigenvalue weighted by Gasteiger charge is -2.54. The number of carboxylic acid groups (broad SMARTS) is 1. The molecule has 0 saturated carbocycles. The lowest BCUT2D eigenvalue weighted by molar-refractivity contribution is -0.276. The minimum atomic E-state index is -4.57. The van der Waals surface area contributed by atoms with E-state index in [0.29, 0.717) is 45.2 Å². The van der Waals surface area contributed by atoms with Crippen molar-refractivity contribution in [2.75, 3.05) is 26.2 Å². The summed E-state index contributed by atoms with van der Waals surface area (Å²) in [5.74, 6) is -0.271. The van der Waals surface area contributed by atoms with Crippen LogP contribution in [0.15, 0.2) is 18.5 Å². The van der Waals surface area contributed by atoms with Crippen molar-refractivity contribution in [3.05, 3.63) is 24.0 Å². The van der Waals surface area contributed by atoms with Gasteiger partial charge in [-0.1, -0.05) is 0 Å². The van der Waals surface area contributed by atoms with E-state index in [0.717, 1.165) is 12.3 Å². The normalized spacial score (nSPS) is 19.5. The Balaban J connectivity index is 1.55. The summed E-state index contributed by atoms with van der Waals surface area (Å²) >= 11 is 0. The largest absolute Gasteiger partial charge is 0.530 e. The van der Waals surface area contributed by atoms with Gasteiger partial charge >= 0.3 is 12.3 Å². The number of ether oxygens (including phenoxy) is 1. The van der Waals surface area contributed by atoms with Gasteiger partial charge in [0.2, 0.25) is 0 Å². The Labute approximate surface area is 141 Å². The molecule has 3 heterocycles. The second kappa shape index (κ2) is 6.08. The quantitative estimate of drug-likeness (QED) is 0.756. The Morgan fingerprint density at radius 3 is 2.36 bits per heavy atom. The molecule has 0 atom stereocenters. The first-order valence-corrected chi connectivity index (χ1v) is 7.64. The van der Waals surface area contributed by atoms with Gasteiger partial charge in [0, 0.05) is 37.8 Å². The third-order valence-electron chi connectivity index (χ3n) is 4.64. The molecule has 1 aromatic rings. The number of carbonyl (C=O) groups is 2. The molecule has 0 bridgehead atoms. The Bertz CT molecular complexity index is 679. The van der Waals surface area contributed by atoms with Crippen LogP contribution in [0.5, 0.6) is 5.75 Å². The predicted molar refractivity (Wildman–Crippen MR) is 75.5 cm³/mol. The Kier molecular flexibility index (Phi) is 4.21. The SMILES string of the molecule is O=C([O-])N1CC2(CCN(C(=O)Oc3cncc(C(F)(F)F)c3)CC2)C1. The minimum absolute atomic E-state index is 0.144. The van der Waals surface area contributed by atoms with E-state index in [9.17, 15) is 27.9 Å². The van der Waals surface area contributed by atoms with E-state index in [1.54, 1.807) is 0 Å². The Morgan fingerprint density at radius 2 is 1.80 bits per heavy atom. The third kappa shape index (κ3) is 3.62. The number of halogens is 3. The van der Waals surface area contributed by atoms with E-state index in [4.69, 9.17) is 4.74 Å². The monoisotopic (exact) mass is 358 g/mol. The number of likely N-dealkylation sites (tertiary alicyclic amines) is 2. The summed E-state index contributed by atoms with van der Waals surface area (Å²) in [7, 11) is 0. The lowest BCUT2D eigenvalue weighted by Crippen LogP contribution is -2.64. The summed E-state index contributed by atoms with van der Waals surface area (Å²) in [6.07, 6.45) is -3.61. The molecule has 3 rings (SSSR count). The van der Waals surface area contributed by atoms with Gasteiger partial charge in [-0.3, -0.25) is 4.98 Å². The molecule has 1 spiro atoms. The van der Waals surface area contributed by atoms with Crippen LogP contribution in [-0.4, -0.2) is 53.1 Å². The molecule has 2 amide bonds. The van der Waals surface area contributed by atoms with Crippen LogP contribution < -0.4 is 9.84 Å². The van der Waals surface area contributed by atoms with Crippen molar-refractivity contribution in [1.29, 1.82) is 0 Å². The van der Waals surface area contributed by atoms with Gasteiger partial charge in [0.1, 0.15) is 6.09 Å². The van der Waals surface area contributed by atoms with Gasteiger partial charge in [-0.05, 0) is 18.9 Å². The zero-order valence-electron chi connectivity index (χ0n) is 13.1. The van der Waals surface area contributed by atoms with Crippen LogP contribution >= 0.6 is 0 Å². The molecule has 0 radical (unpaired) electrons. The molecule has 2 fully saturated rings. The number of carbonyl (C=O) groups excluding carboxylic acids is 2. The average molecular weight is 358 g/mol. The summed E-state index contributed by atoms with van der Waals surface area (Å²) in [4.78, 5) is 28.9. The van der Waals surface area contributed by atoms with Gasteiger partial charge in [0.25, 0.3) is 0 Å². The Morgan fingerprint density at radius 1 is 1.16 bits per heavy atom.